The number of carbonyl (C=O) groups is 2. The summed E-state index contributed by atoms with van der Waals surface area (Å²) in [5, 5.41) is 14.2. The maximum absolute atomic E-state index is 13.4. The Morgan fingerprint density at radius 3 is 2.54 bits per heavy atom. The molecule has 1 saturated carbocycles. The van der Waals surface area contributed by atoms with E-state index in [4.69, 9.17) is 14.5 Å². The molecule has 14 heteroatoms. The van der Waals surface area contributed by atoms with Crippen molar-refractivity contribution in [3.05, 3.63) is 42.7 Å². The predicted octanol–water partition coefficient (Wildman–Crippen LogP) is 2.80. The van der Waals surface area contributed by atoms with Gasteiger partial charge in [0.25, 0.3) is 0 Å². The highest BCUT2D eigenvalue weighted by molar-refractivity contribution is 7.90. The van der Waals surface area contributed by atoms with Crippen LogP contribution in [0.15, 0.2) is 42.7 Å². The van der Waals surface area contributed by atoms with Crippen molar-refractivity contribution in [2.75, 3.05) is 50.6 Å². The predicted molar refractivity (Wildman–Crippen MR) is 181 cm³/mol. The largest absolute Gasteiger partial charge is 0.493 e. The molecule has 0 spiro atoms. The van der Waals surface area contributed by atoms with Gasteiger partial charge in [0.1, 0.15) is 33.6 Å². The number of sulfone groups is 1. The summed E-state index contributed by atoms with van der Waals surface area (Å²) in [6.45, 7) is 1.97. The number of hydrogen-bond acceptors (Lipinski definition) is 11. The Morgan fingerprint density at radius 1 is 1.06 bits per heavy atom. The third-order valence-corrected chi connectivity index (χ3v) is 10.8. The standard InChI is InChI=1S/C34H46N6O7S/c1-38-22-25(41)21-29(38)33(43)47-26-12-16-39(17-13-26)32(42)23-7-9-24(10-8-23)36-34-35-15-11-31(37-34)40-18-14-27-28(40)5-3-6-30(27)46-19-4-20-48(2,44)45/h3,5-6,11,14-15,18,23-26,29,41H,4,7-10,12-13,16-17,19-22H2,1-2H3,(H,35,36,37). The summed E-state index contributed by atoms with van der Waals surface area (Å²) in [6, 6.07) is 9.35. The van der Waals surface area contributed by atoms with Crippen LogP contribution in [0.2, 0.25) is 0 Å². The van der Waals surface area contributed by atoms with Crippen LogP contribution in [-0.4, -0.2) is 119 Å². The van der Waals surface area contributed by atoms with E-state index in [-0.39, 0.29) is 35.7 Å². The number of nitrogens with one attached hydrogen (secondary N) is 1. The summed E-state index contributed by atoms with van der Waals surface area (Å²) in [5.74, 6) is 1.92. The van der Waals surface area contributed by atoms with Crippen molar-refractivity contribution in [1.29, 1.82) is 0 Å². The maximum atomic E-state index is 13.4. The number of likely N-dealkylation sites (N-methyl/N-ethyl adjacent to an activating group) is 1. The number of amides is 1. The number of β-amino-alcohol motifs (C(OH)–C–C–N with tert-alkyl or cyclic N) is 1. The van der Waals surface area contributed by atoms with Gasteiger partial charge in [0.15, 0.2) is 0 Å². The molecule has 260 valence electrons. The molecular weight excluding hydrogens is 636 g/mol. The first-order chi connectivity index (χ1) is 23.0. The smallest absolute Gasteiger partial charge is 0.323 e. The molecule has 2 aromatic heterocycles. The van der Waals surface area contributed by atoms with Crippen molar-refractivity contribution < 1.29 is 32.6 Å². The SMILES string of the molecule is CN1CC(O)CC1C(=O)OC1CCN(C(=O)C2CCC(Nc3nccc(-n4ccc5c(OCCCS(C)(=O)=O)cccc54)n3)CC2)CC1. The van der Waals surface area contributed by atoms with Crippen LogP contribution >= 0.6 is 0 Å². The van der Waals surface area contributed by atoms with Gasteiger partial charge in [0.05, 0.1) is 24.0 Å². The molecular formula is C34H46N6O7S. The number of esters is 1. The van der Waals surface area contributed by atoms with E-state index >= 15 is 0 Å². The van der Waals surface area contributed by atoms with Crippen molar-refractivity contribution >= 4 is 38.6 Å². The van der Waals surface area contributed by atoms with Crippen LogP contribution in [-0.2, 0) is 24.2 Å². The Morgan fingerprint density at radius 2 is 1.83 bits per heavy atom. The first-order valence-corrected chi connectivity index (χ1v) is 19.0. The van der Waals surface area contributed by atoms with Crippen molar-refractivity contribution in [2.45, 2.75) is 75.7 Å². The first kappa shape index (κ1) is 34.1. The van der Waals surface area contributed by atoms with Crippen LogP contribution in [0.3, 0.4) is 0 Å². The van der Waals surface area contributed by atoms with Crippen LogP contribution in [0.4, 0.5) is 5.95 Å². The van der Waals surface area contributed by atoms with Gasteiger partial charge in [-0.25, -0.2) is 13.4 Å². The van der Waals surface area contributed by atoms with E-state index in [9.17, 15) is 23.1 Å². The third-order valence-electron chi connectivity index (χ3n) is 9.74. The number of likely N-dealkylation sites (tertiary alicyclic amines) is 2. The second-order valence-corrected chi connectivity index (χ2v) is 15.7. The van der Waals surface area contributed by atoms with Crippen LogP contribution in [0.5, 0.6) is 5.75 Å². The van der Waals surface area contributed by atoms with Gasteiger partial charge in [-0.05, 0) is 63.4 Å². The van der Waals surface area contributed by atoms with Crippen molar-refractivity contribution in [1.82, 2.24) is 24.3 Å². The molecule has 6 rings (SSSR count). The molecule has 3 fully saturated rings. The fourth-order valence-corrected chi connectivity index (χ4v) is 7.77. The third kappa shape index (κ3) is 8.27. The molecule has 2 saturated heterocycles. The molecule has 1 aliphatic carbocycles. The highest BCUT2D eigenvalue weighted by Crippen LogP contribution is 2.31. The van der Waals surface area contributed by atoms with Crippen LogP contribution in [0.1, 0.15) is 51.4 Å². The number of ether oxygens (including phenoxy) is 2. The zero-order valence-electron chi connectivity index (χ0n) is 27.7. The summed E-state index contributed by atoms with van der Waals surface area (Å²) in [4.78, 5) is 39.0. The number of hydrogen-bond donors (Lipinski definition) is 2. The molecule has 1 amide bonds. The number of benzene rings is 1. The van der Waals surface area contributed by atoms with Gasteiger partial charge >= 0.3 is 5.97 Å². The van der Waals surface area contributed by atoms with Crippen molar-refractivity contribution in [3.8, 4) is 11.6 Å². The van der Waals surface area contributed by atoms with E-state index in [0.717, 1.165) is 36.6 Å². The lowest BCUT2D eigenvalue weighted by atomic mass is 9.85. The van der Waals surface area contributed by atoms with Gasteiger partial charge < -0.3 is 29.4 Å². The normalized spacial score (nSPS) is 24.1. The van der Waals surface area contributed by atoms with Crippen LogP contribution in [0.25, 0.3) is 16.7 Å². The Labute approximate surface area is 281 Å². The Balaban J connectivity index is 0.975. The highest BCUT2D eigenvalue weighted by Gasteiger charge is 2.37. The van der Waals surface area contributed by atoms with Gasteiger partial charge in [-0.15, -0.1) is 0 Å². The van der Waals surface area contributed by atoms with Gasteiger partial charge in [-0.3, -0.25) is 14.5 Å². The number of fused-ring (bicyclic) bond motifs is 1. The van der Waals surface area contributed by atoms with Crippen molar-refractivity contribution in [3.63, 3.8) is 0 Å². The lowest BCUT2D eigenvalue weighted by Gasteiger charge is -2.36. The molecule has 0 radical (unpaired) electrons. The van der Waals surface area contributed by atoms with E-state index in [1.807, 2.05) is 57.9 Å². The molecule has 2 atom stereocenters. The summed E-state index contributed by atoms with van der Waals surface area (Å²) in [6.07, 6.45) is 9.56. The summed E-state index contributed by atoms with van der Waals surface area (Å²) in [7, 11) is -1.20. The number of aliphatic hydroxyl groups excluding tert-OH is 1. The number of anilines is 1. The van der Waals surface area contributed by atoms with E-state index in [1.165, 1.54) is 6.26 Å². The number of nitrogens with zero attached hydrogens (tertiary/aromatic N) is 5. The first-order valence-electron chi connectivity index (χ1n) is 16.9. The molecule has 3 aromatic rings. The Bertz CT molecular complexity index is 1700. The molecule has 48 heavy (non-hydrogen) atoms. The van der Waals surface area contributed by atoms with E-state index in [0.29, 0.717) is 69.4 Å². The fourth-order valence-electron chi connectivity index (χ4n) is 7.13. The second kappa shape index (κ2) is 14.8. The number of piperidine rings is 1. The average Bonchev–Trinajstić information content (AvgIpc) is 3.66. The molecule has 2 N–H and O–H groups in total. The van der Waals surface area contributed by atoms with Crippen LogP contribution < -0.4 is 10.1 Å². The Kier molecular flexibility index (Phi) is 10.5. The van der Waals surface area contributed by atoms with Crippen LogP contribution in [0, 0.1) is 5.92 Å². The number of aliphatic hydroxyl groups is 1. The molecule has 1 aromatic carbocycles. The number of carbonyl (C=O) groups excluding carboxylic acids is 2. The number of rotatable bonds is 11. The molecule has 2 unspecified atom stereocenters. The second-order valence-electron chi connectivity index (χ2n) is 13.4. The highest BCUT2D eigenvalue weighted by atomic mass is 32.2. The lowest BCUT2D eigenvalue weighted by molar-refractivity contribution is -0.157. The van der Waals surface area contributed by atoms with Gasteiger partial charge in [-0.2, -0.15) is 4.98 Å². The van der Waals surface area contributed by atoms with Gasteiger partial charge in [0, 0.05) is 74.9 Å². The van der Waals surface area contributed by atoms with E-state index < -0.39 is 22.0 Å². The molecule has 2 aliphatic heterocycles. The fraction of sp³-hybridized carbons (Fsp3) is 0.588. The zero-order chi connectivity index (χ0) is 33.8. The molecule has 3 aliphatic rings. The quantitative estimate of drug-likeness (QED) is 0.227. The van der Waals surface area contributed by atoms with Gasteiger partial charge in [-0.1, -0.05) is 6.07 Å². The monoisotopic (exact) mass is 682 g/mol. The summed E-state index contributed by atoms with van der Waals surface area (Å²) < 4.78 is 36.5. The maximum Gasteiger partial charge on any atom is 0.323 e. The minimum Gasteiger partial charge on any atom is -0.493 e. The molecule has 4 heterocycles. The van der Waals surface area contributed by atoms with E-state index in [1.54, 1.807) is 6.20 Å². The topological polar surface area (TPSA) is 156 Å². The Hall–Kier alpha value is -3.75. The molecule has 0 bridgehead atoms. The lowest BCUT2D eigenvalue weighted by Crippen LogP contribution is -2.46. The average molecular weight is 683 g/mol. The zero-order valence-corrected chi connectivity index (χ0v) is 28.5. The minimum atomic E-state index is -3.03. The summed E-state index contributed by atoms with van der Waals surface area (Å²) >= 11 is 0. The molecule has 13 nitrogen and oxygen atoms in total. The van der Waals surface area contributed by atoms with Gasteiger partial charge in [0.2, 0.25) is 11.9 Å². The number of aromatic nitrogens is 3. The van der Waals surface area contributed by atoms with E-state index in [2.05, 4.69) is 10.3 Å². The summed E-state index contributed by atoms with van der Waals surface area (Å²) in [5.41, 5.74) is 0.919. The van der Waals surface area contributed by atoms with Crippen molar-refractivity contribution in [2.24, 2.45) is 5.92 Å². The minimum absolute atomic E-state index is 0.0166.